The molecule has 3 aromatic carbocycles. The standard InChI is InChI=1S/C28H26BrNO3/c1-4-32-28(31)21-10-7-11-24(16-21)30-20(3)12-15-26(30)25-14-13-23(29)17-27(25)33-18-22-9-6-5-8-19(22)2/h5-17H,4,18H2,1-3H3. The lowest BCUT2D eigenvalue weighted by molar-refractivity contribution is 0.0526. The van der Waals surface area contributed by atoms with Crippen molar-refractivity contribution in [2.24, 2.45) is 0 Å². The maximum absolute atomic E-state index is 12.3. The maximum Gasteiger partial charge on any atom is 0.338 e. The molecule has 33 heavy (non-hydrogen) atoms. The molecular weight excluding hydrogens is 478 g/mol. The van der Waals surface area contributed by atoms with Crippen molar-refractivity contribution in [2.45, 2.75) is 27.4 Å². The highest BCUT2D eigenvalue weighted by atomic mass is 79.9. The average Bonchev–Trinajstić information content (AvgIpc) is 3.20. The van der Waals surface area contributed by atoms with Gasteiger partial charge in [-0.05, 0) is 80.4 Å². The van der Waals surface area contributed by atoms with Crippen LogP contribution in [-0.4, -0.2) is 17.1 Å². The molecule has 0 spiro atoms. The summed E-state index contributed by atoms with van der Waals surface area (Å²) in [4.78, 5) is 12.3. The Bertz CT molecular complexity index is 1290. The van der Waals surface area contributed by atoms with E-state index >= 15 is 0 Å². The molecule has 0 aliphatic rings. The summed E-state index contributed by atoms with van der Waals surface area (Å²) in [5.41, 5.74) is 6.79. The van der Waals surface area contributed by atoms with Gasteiger partial charge in [-0.3, -0.25) is 0 Å². The van der Waals surface area contributed by atoms with E-state index in [0.29, 0.717) is 18.8 Å². The number of halogens is 1. The monoisotopic (exact) mass is 503 g/mol. The summed E-state index contributed by atoms with van der Waals surface area (Å²) in [5.74, 6) is 0.463. The molecule has 0 saturated heterocycles. The second-order valence-corrected chi connectivity index (χ2v) is 8.74. The van der Waals surface area contributed by atoms with Crippen molar-refractivity contribution in [1.82, 2.24) is 4.57 Å². The summed E-state index contributed by atoms with van der Waals surface area (Å²) < 4.78 is 14.6. The fourth-order valence-corrected chi connectivity index (χ4v) is 4.17. The van der Waals surface area contributed by atoms with Gasteiger partial charge in [0.15, 0.2) is 0 Å². The third-order valence-corrected chi connectivity index (χ3v) is 6.05. The number of esters is 1. The van der Waals surface area contributed by atoms with Crippen LogP contribution in [0, 0.1) is 13.8 Å². The van der Waals surface area contributed by atoms with Crippen LogP contribution in [0.3, 0.4) is 0 Å². The van der Waals surface area contributed by atoms with E-state index in [9.17, 15) is 4.79 Å². The van der Waals surface area contributed by atoms with Crippen LogP contribution in [0.5, 0.6) is 5.75 Å². The van der Waals surface area contributed by atoms with Crippen molar-refractivity contribution >= 4 is 21.9 Å². The lowest BCUT2D eigenvalue weighted by Crippen LogP contribution is -2.07. The lowest BCUT2D eigenvalue weighted by atomic mass is 10.1. The summed E-state index contributed by atoms with van der Waals surface area (Å²) in [7, 11) is 0. The molecule has 1 heterocycles. The molecule has 5 heteroatoms. The van der Waals surface area contributed by atoms with Crippen LogP contribution in [0.25, 0.3) is 16.9 Å². The third kappa shape index (κ3) is 5.04. The molecule has 0 amide bonds. The fraction of sp³-hybridized carbons (Fsp3) is 0.179. The van der Waals surface area contributed by atoms with E-state index in [4.69, 9.17) is 9.47 Å². The first-order valence-corrected chi connectivity index (χ1v) is 11.7. The molecule has 1 aromatic heterocycles. The van der Waals surface area contributed by atoms with Gasteiger partial charge in [-0.2, -0.15) is 0 Å². The Morgan fingerprint density at radius 1 is 0.939 bits per heavy atom. The van der Waals surface area contributed by atoms with E-state index < -0.39 is 0 Å². The van der Waals surface area contributed by atoms with E-state index in [2.05, 4.69) is 57.8 Å². The molecule has 0 aliphatic heterocycles. The first kappa shape index (κ1) is 22.9. The molecule has 0 bridgehead atoms. The minimum atomic E-state index is -0.323. The minimum absolute atomic E-state index is 0.323. The summed E-state index contributed by atoms with van der Waals surface area (Å²) in [6.07, 6.45) is 0. The van der Waals surface area contributed by atoms with Crippen molar-refractivity contribution in [3.05, 3.63) is 106 Å². The zero-order valence-corrected chi connectivity index (χ0v) is 20.6. The van der Waals surface area contributed by atoms with Gasteiger partial charge in [0.05, 0.1) is 17.9 Å². The van der Waals surface area contributed by atoms with Crippen molar-refractivity contribution in [3.8, 4) is 22.7 Å². The van der Waals surface area contributed by atoms with E-state index in [1.165, 1.54) is 5.56 Å². The topological polar surface area (TPSA) is 40.5 Å². The number of aromatic nitrogens is 1. The number of rotatable bonds is 7. The molecule has 0 N–H and O–H groups in total. The quantitative estimate of drug-likeness (QED) is 0.249. The Morgan fingerprint density at radius 3 is 2.55 bits per heavy atom. The first-order valence-electron chi connectivity index (χ1n) is 10.9. The molecule has 0 aliphatic carbocycles. The van der Waals surface area contributed by atoms with E-state index in [1.54, 1.807) is 6.07 Å². The first-order chi connectivity index (χ1) is 16.0. The summed E-state index contributed by atoms with van der Waals surface area (Å²) in [6, 6.07) is 25.9. The molecular formula is C28H26BrNO3. The molecule has 168 valence electrons. The lowest BCUT2D eigenvalue weighted by Gasteiger charge is -2.17. The molecule has 0 atom stereocenters. The normalized spacial score (nSPS) is 10.8. The highest BCUT2D eigenvalue weighted by Crippen LogP contribution is 2.36. The van der Waals surface area contributed by atoms with E-state index in [1.807, 2.05) is 56.3 Å². The predicted octanol–water partition coefficient (Wildman–Crippen LogP) is 7.28. The number of benzene rings is 3. The molecule has 4 rings (SSSR count). The Hall–Kier alpha value is -3.31. The Balaban J connectivity index is 1.74. The zero-order chi connectivity index (χ0) is 23.4. The molecule has 0 radical (unpaired) electrons. The van der Waals surface area contributed by atoms with Crippen LogP contribution in [0.4, 0.5) is 0 Å². The number of carbonyl (C=O) groups is 1. The summed E-state index contributed by atoms with van der Waals surface area (Å²) in [5, 5.41) is 0. The van der Waals surface area contributed by atoms with Gasteiger partial charge in [0.2, 0.25) is 0 Å². The second kappa shape index (κ2) is 10.1. The van der Waals surface area contributed by atoms with Crippen molar-refractivity contribution in [1.29, 1.82) is 0 Å². The maximum atomic E-state index is 12.3. The van der Waals surface area contributed by atoms with Gasteiger partial charge in [-0.1, -0.05) is 46.3 Å². The van der Waals surface area contributed by atoms with Crippen LogP contribution >= 0.6 is 15.9 Å². The van der Waals surface area contributed by atoms with Crippen LogP contribution in [0.15, 0.2) is 83.3 Å². The van der Waals surface area contributed by atoms with Crippen LogP contribution < -0.4 is 4.74 Å². The van der Waals surface area contributed by atoms with Crippen molar-refractivity contribution < 1.29 is 14.3 Å². The number of ether oxygens (including phenoxy) is 2. The smallest absolute Gasteiger partial charge is 0.338 e. The number of hydrogen-bond acceptors (Lipinski definition) is 3. The fourth-order valence-electron chi connectivity index (χ4n) is 3.83. The molecule has 4 nitrogen and oxygen atoms in total. The largest absolute Gasteiger partial charge is 0.488 e. The molecule has 0 unspecified atom stereocenters. The van der Waals surface area contributed by atoms with Crippen molar-refractivity contribution in [2.75, 3.05) is 6.61 Å². The third-order valence-electron chi connectivity index (χ3n) is 5.56. The van der Waals surface area contributed by atoms with Gasteiger partial charge >= 0.3 is 5.97 Å². The van der Waals surface area contributed by atoms with Crippen LogP contribution in [0.1, 0.15) is 34.1 Å². The van der Waals surface area contributed by atoms with Gasteiger partial charge in [0.25, 0.3) is 0 Å². The number of carbonyl (C=O) groups excluding carboxylic acids is 1. The van der Waals surface area contributed by atoms with Gasteiger partial charge in [0, 0.05) is 21.4 Å². The Labute approximate surface area is 202 Å². The van der Waals surface area contributed by atoms with Crippen LogP contribution in [0.2, 0.25) is 0 Å². The van der Waals surface area contributed by atoms with Crippen LogP contribution in [-0.2, 0) is 11.3 Å². The number of aryl methyl sites for hydroxylation is 2. The zero-order valence-electron chi connectivity index (χ0n) is 19.0. The SMILES string of the molecule is CCOC(=O)c1cccc(-n2c(C)ccc2-c2ccc(Br)cc2OCc2ccccc2C)c1. The van der Waals surface area contributed by atoms with Gasteiger partial charge < -0.3 is 14.0 Å². The Morgan fingerprint density at radius 2 is 1.76 bits per heavy atom. The minimum Gasteiger partial charge on any atom is -0.488 e. The molecule has 0 fully saturated rings. The summed E-state index contributed by atoms with van der Waals surface area (Å²) in [6.45, 7) is 6.77. The van der Waals surface area contributed by atoms with E-state index in [0.717, 1.165) is 38.4 Å². The molecule has 0 saturated carbocycles. The van der Waals surface area contributed by atoms with E-state index in [-0.39, 0.29) is 5.97 Å². The number of nitrogens with zero attached hydrogens (tertiary/aromatic N) is 1. The second-order valence-electron chi connectivity index (χ2n) is 7.82. The number of hydrogen-bond donors (Lipinski definition) is 0. The van der Waals surface area contributed by atoms with Crippen molar-refractivity contribution in [3.63, 3.8) is 0 Å². The predicted molar refractivity (Wildman–Crippen MR) is 135 cm³/mol. The highest BCUT2D eigenvalue weighted by molar-refractivity contribution is 9.10. The Kier molecular flexibility index (Phi) is 6.99. The highest BCUT2D eigenvalue weighted by Gasteiger charge is 2.16. The summed E-state index contributed by atoms with van der Waals surface area (Å²) >= 11 is 3.58. The van der Waals surface area contributed by atoms with Gasteiger partial charge in [-0.15, -0.1) is 0 Å². The average molecular weight is 504 g/mol. The van der Waals surface area contributed by atoms with Gasteiger partial charge in [-0.25, -0.2) is 4.79 Å². The molecule has 4 aromatic rings. The van der Waals surface area contributed by atoms with Gasteiger partial charge in [0.1, 0.15) is 12.4 Å².